The van der Waals surface area contributed by atoms with Crippen molar-refractivity contribution in [1.82, 2.24) is 20.4 Å². The Kier molecular flexibility index (Phi) is 7.07. The average Bonchev–Trinajstić information content (AvgIpc) is 3.54. The number of hydrogen-bond acceptors (Lipinski definition) is 5. The van der Waals surface area contributed by atoms with Crippen molar-refractivity contribution in [3.8, 4) is 45.1 Å². The summed E-state index contributed by atoms with van der Waals surface area (Å²) in [6.07, 6.45) is 5.56. The average molecular weight is 523 g/mol. The third-order valence-corrected chi connectivity index (χ3v) is 7.92. The number of hydrogen-bond donors (Lipinski definition) is 3. The Morgan fingerprint density at radius 3 is 2.41 bits per heavy atom. The first-order valence-corrected chi connectivity index (χ1v) is 13.8. The Balaban J connectivity index is 1.18. The quantitative estimate of drug-likeness (QED) is 0.230. The van der Waals surface area contributed by atoms with Gasteiger partial charge in [0.25, 0.3) is 5.91 Å². The minimum Gasteiger partial charge on any atom is -0.508 e. The predicted octanol–water partition coefficient (Wildman–Crippen LogP) is 5.63. The van der Waals surface area contributed by atoms with Crippen LogP contribution in [-0.4, -0.2) is 59.4 Å². The zero-order chi connectivity index (χ0) is 26.8. The van der Waals surface area contributed by atoms with Crippen molar-refractivity contribution >= 4 is 5.91 Å². The van der Waals surface area contributed by atoms with Crippen LogP contribution in [-0.2, 0) is 6.42 Å². The van der Waals surface area contributed by atoms with Gasteiger partial charge >= 0.3 is 0 Å². The summed E-state index contributed by atoms with van der Waals surface area (Å²) in [5.74, 6) is 0.749. The number of amides is 1. The summed E-state index contributed by atoms with van der Waals surface area (Å²) in [5, 5.41) is 20.5. The highest BCUT2D eigenvalue weighted by Crippen LogP contribution is 2.43. The summed E-state index contributed by atoms with van der Waals surface area (Å²) in [6.45, 7) is 4.01. The van der Waals surface area contributed by atoms with E-state index in [-0.39, 0.29) is 11.7 Å². The van der Waals surface area contributed by atoms with Crippen LogP contribution < -0.4 is 10.1 Å². The predicted molar refractivity (Wildman–Crippen MR) is 153 cm³/mol. The summed E-state index contributed by atoms with van der Waals surface area (Å²) in [6, 6.07) is 19.4. The second-order valence-electron chi connectivity index (χ2n) is 10.4. The summed E-state index contributed by atoms with van der Waals surface area (Å²) in [5.41, 5.74) is 8.84. The van der Waals surface area contributed by atoms with Crippen LogP contribution in [0.25, 0.3) is 33.6 Å². The van der Waals surface area contributed by atoms with Crippen molar-refractivity contribution < 1.29 is 14.6 Å². The minimum atomic E-state index is -0.105. The van der Waals surface area contributed by atoms with E-state index in [4.69, 9.17) is 4.74 Å². The van der Waals surface area contributed by atoms with Crippen LogP contribution in [0.3, 0.4) is 0 Å². The maximum Gasteiger partial charge on any atom is 0.255 e. The lowest BCUT2D eigenvalue weighted by Crippen LogP contribution is -2.33. The molecule has 0 saturated carbocycles. The fourth-order valence-corrected chi connectivity index (χ4v) is 5.79. The summed E-state index contributed by atoms with van der Waals surface area (Å²) in [7, 11) is 1.62. The normalized spacial score (nSPS) is 14.6. The van der Waals surface area contributed by atoms with Gasteiger partial charge in [-0.25, -0.2) is 0 Å². The molecule has 4 aromatic rings. The van der Waals surface area contributed by atoms with E-state index >= 15 is 0 Å². The molecule has 200 valence electrons. The molecule has 0 unspecified atom stereocenters. The first-order valence-electron chi connectivity index (χ1n) is 13.8. The zero-order valence-electron chi connectivity index (χ0n) is 22.3. The third kappa shape index (κ3) is 5.14. The number of methoxy groups -OCH3 is 1. The summed E-state index contributed by atoms with van der Waals surface area (Å²) < 4.78 is 5.64. The molecule has 0 bridgehead atoms. The van der Waals surface area contributed by atoms with Crippen LogP contribution in [0, 0.1) is 0 Å². The number of ether oxygens (including phenoxy) is 1. The maximum atomic E-state index is 13.1. The number of benzene rings is 3. The van der Waals surface area contributed by atoms with Gasteiger partial charge in [-0.15, -0.1) is 0 Å². The number of rotatable bonds is 8. The molecule has 1 amide bonds. The van der Waals surface area contributed by atoms with Gasteiger partial charge in [-0.2, -0.15) is 5.10 Å². The second kappa shape index (κ2) is 10.9. The van der Waals surface area contributed by atoms with E-state index in [2.05, 4.69) is 44.7 Å². The van der Waals surface area contributed by atoms with Gasteiger partial charge < -0.3 is 20.1 Å². The van der Waals surface area contributed by atoms with E-state index in [1.54, 1.807) is 19.2 Å². The first kappa shape index (κ1) is 25.2. The molecule has 2 heterocycles. The van der Waals surface area contributed by atoms with Crippen LogP contribution in [0.4, 0.5) is 0 Å². The van der Waals surface area contributed by atoms with Crippen molar-refractivity contribution in [2.75, 3.05) is 33.3 Å². The number of nitrogens with one attached hydrogen (secondary N) is 2. The van der Waals surface area contributed by atoms with Crippen molar-refractivity contribution in [3.63, 3.8) is 0 Å². The minimum absolute atomic E-state index is 0.105. The number of aromatic nitrogens is 2. The van der Waals surface area contributed by atoms with Gasteiger partial charge in [0.05, 0.1) is 24.1 Å². The summed E-state index contributed by atoms with van der Waals surface area (Å²) >= 11 is 0. The second-order valence-corrected chi connectivity index (χ2v) is 10.4. The van der Waals surface area contributed by atoms with E-state index in [0.29, 0.717) is 17.9 Å². The number of carbonyl (C=O) groups is 1. The molecule has 39 heavy (non-hydrogen) atoms. The van der Waals surface area contributed by atoms with E-state index in [1.165, 1.54) is 32.4 Å². The highest BCUT2D eigenvalue weighted by Gasteiger charge is 2.28. The van der Waals surface area contributed by atoms with Crippen LogP contribution in [0.2, 0.25) is 0 Å². The highest BCUT2D eigenvalue weighted by molar-refractivity contribution is 5.99. The molecule has 0 spiro atoms. The smallest absolute Gasteiger partial charge is 0.255 e. The lowest BCUT2D eigenvalue weighted by atomic mass is 10.0. The molecule has 1 aromatic heterocycles. The number of likely N-dealkylation sites (tertiary alicyclic amines) is 1. The third-order valence-electron chi connectivity index (χ3n) is 7.92. The number of phenols is 1. The lowest BCUT2D eigenvalue weighted by Gasteiger charge is -2.26. The van der Waals surface area contributed by atoms with Crippen LogP contribution in [0.1, 0.15) is 47.2 Å². The monoisotopic (exact) mass is 522 g/mol. The molecular formula is C32H34N4O3. The number of carbonyl (C=O) groups excluding carboxylic acids is 1. The van der Waals surface area contributed by atoms with Gasteiger partial charge in [0.1, 0.15) is 11.5 Å². The van der Waals surface area contributed by atoms with Crippen molar-refractivity contribution in [1.29, 1.82) is 0 Å². The molecular weight excluding hydrogens is 488 g/mol. The van der Waals surface area contributed by atoms with Gasteiger partial charge in [-0.1, -0.05) is 42.8 Å². The molecule has 7 nitrogen and oxygen atoms in total. The zero-order valence-corrected chi connectivity index (χ0v) is 22.3. The molecule has 1 aliphatic carbocycles. The number of aromatic amines is 1. The molecule has 1 saturated heterocycles. The molecule has 1 aliphatic heterocycles. The molecule has 3 N–H and O–H groups in total. The number of aromatic hydroxyl groups is 1. The summed E-state index contributed by atoms with van der Waals surface area (Å²) in [4.78, 5) is 15.6. The topological polar surface area (TPSA) is 90.5 Å². The van der Waals surface area contributed by atoms with E-state index in [9.17, 15) is 9.90 Å². The Hall–Kier alpha value is -4.10. The van der Waals surface area contributed by atoms with Crippen molar-refractivity contribution in [2.24, 2.45) is 0 Å². The fourth-order valence-electron chi connectivity index (χ4n) is 5.79. The molecule has 1 fully saturated rings. The fraction of sp³-hybridized carbons (Fsp3) is 0.312. The van der Waals surface area contributed by atoms with Gasteiger partial charge in [-0.05, 0) is 79.9 Å². The highest BCUT2D eigenvalue weighted by atomic mass is 16.5. The molecule has 0 atom stereocenters. The Bertz CT molecular complexity index is 1470. The standard InChI is InChI=1S/C32H34N4O3/c1-39-29-19-24-18-28-30(23-8-6-21(7-9-23)22-10-12-25(37)13-11-22)34-35-31(28)26(24)20-27(29)32(38)33-14-5-17-36-15-3-2-4-16-36/h6-13,19-20,37H,2-5,14-18H2,1H3,(H,33,38)(H,34,35). The first-order chi connectivity index (χ1) is 19.1. The number of fused-ring (bicyclic) bond motifs is 3. The number of piperidine rings is 1. The van der Waals surface area contributed by atoms with Crippen molar-refractivity contribution in [3.05, 3.63) is 77.4 Å². The molecule has 6 rings (SSSR count). The van der Waals surface area contributed by atoms with Crippen LogP contribution in [0.15, 0.2) is 60.7 Å². The SMILES string of the molecule is COc1cc2c(cc1C(=O)NCCCN1CCCCC1)-c1[nH]nc(-c3ccc(-c4ccc(O)cc4)cc3)c1C2. The van der Waals surface area contributed by atoms with E-state index in [1.807, 2.05) is 24.3 Å². The molecule has 0 radical (unpaired) electrons. The Labute approximate surface area is 228 Å². The van der Waals surface area contributed by atoms with E-state index in [0.717, 1.165) is 64.2 Å². The van der Waals surface area contributed by atoms with Gasteiger partial charge in [0.15, 0.2) is 0 Å². The maximum absolute atomic E-state index is 13.1. The number of nitrogens with zero attached hydrogens (tertiary/aromatic N) is 2. The van der Waals surface area contributed by atoms with Gasteiger partial charge in [0, 0.05) is 29.7 Å². The lowest BCUT2D eigenvalue weighted by molar-refractivity contribution is 0.0948. The number of H-pyrrole nitrogens is 1. The van der Waals surface area contributed by atoms with Crippen LogP contribution in [0.5, 0.6) is 11.5 Å². The number of phenolic OH excluding ortho intramolecular Hbond substituents is 1. The largest absolute Gasteiger partial charge is 0.508 e. The molecule has 2 aliphatic rings. The Morgan fingerprint density at radius 2 is 1.69 bits per heavy atom. The van der Waals surface area contributed by atoms with E-state index < -0.39 is 0 Å². The molecule has 3 aromatic carbocycles. The van der Waals surface area contributed by atoms with Crippen LogP contribution >= 0.6 is 0 Å². The van der Waals surface area contributed by atoms with Gasteiger partial charge in [-0.3, -0.25) is 9.89 Å². The Morgan fingerprint density at radius 1 is 1.00 bits per heavy atom. The molecule has 7 heteroatoms. The van der Waals surface area contributed by atoms with Gasteiger partial charge in [0.2, 0.25) is 0 Å². The van der Waals surface area contributed by atoms with Crippen molar-refractivity contribution in [2.45, 2.75) is 32.1 Å².